The average molecular weight is 580 g/mol. The molecule has 2 N–H and O–H groups in total. The van der Waals surface area contributed by atoms with Gasteiger partial charge in [0, 0.05) is 19.2 Å². The molecule has 2 aromatic carbocycles. The topological polar surface area (TPSA) is 79.4 Å². The van der Waals surface area contributed by atoms with E-state index in [0.717, 1.165) is 10.7 Å². The molecule has 2 atom stereocenters. The first-order chi connectivity index (χ1) is 18.4. The molecular weight excluding hydrogens is 539 g/mol. The van der Waals surface area contributed by atoms with E-state index < -0.39 is 28.3 Å². The van der Waals surface area contributed by atoms with Crippen molar-refractivity contribution in [1.82, 2.24) is 9.55 Å². The molecule has 0 saturated carbocycles. The molecule has 1 aromatic heterocycles. The summed E-state index contributed by atoms with van der Waals surface area (Å²) in [5, 5.41) is 2.32. The van der Waals surface area contributed by atoms with E-state index >= 15 is 0 Å². The summed E-state index contributed by atoms with van der Waals surface area (Å²) in [7, 11) is -3.92. The lowest BCUT2D eigenvalue weighted by Gasteiger charge is -2.43. The predicted molar refractivity (Wildman–Crippen MR) is 169 cm³/mol. The summed E-state index contributed by atoms with van der Waals surface area (Å²) in [4.78, 5) is 17.7. The third kappa shape index (κ3) is 6.83. The van der Waals surface area contributed by atoms with E-state index in [1.54, 1.807) is 24.0 Å². The molecule has 6 nitrogen and oxygen atoms in total. The van der Waals surface area contributed by atoms with Gasteiger partial charge in [-0.05, 0) is 39.4 Å². The van der Waals surface area contributed by atoms with Crippen LogP contribution in [0.4, 0.5) is 5.82 Å². The van der Waals surface area contributed by atoms with E-state index in [0.29, 0.717) is 6.61 Å². The van der Waals surface area contributed by atoms with Gasteiger partial charge in [-0.3, -0.25) is 4.57 Å². The van der Waals surface area contributed by atoms with E-state index in [4.69, 9.17) is 14.9 Å². The van der Waals surface area contributed by atoms with Crippen LogP contribution in [0, 0.1) is 0 Å². The van der Waals surface area contributed by atoms with Gasteiger partial charge in [0.05, 0.1) is 6.61 Å². The quantitative estimate of drug-likeness (QED) is 0.330. The molecule has 0 fully saturated rings. The van der Waals surface area contributed by atoms with E-state index in [9.17, 15) is 4.79 Å². The van der Waals surface area contributed by atoms with Crippen LogP contribution in [0.2, 0.25) is 30.7 Å². The van der Waals surface area contributed by atoms with E-state index in [1.807, 2.05) is 12.1 Å². The fourth-order valence-corrected chi connectivity index (χ4v) is 13.2. The van der Waals surface area contributed by atoms with Crippen molar-refractivity contribution in [2.75, 3.05) is 18.1 Å². The lowest BCUT2D eigenvalue weighted by Crippen LogP contribution is -2.67. The maximum atomic E-state index is 12.8. The highest BCUT2D eigenvalue weighted by Gasteiger charge is 2.50. The normalized spacial score (nSPS) is 18.3. The molecule has 0 bridgehead atoms. The summed E-state index contributed by atoms with van der Waals surface area (Å²) < 4.78 is 15.2. The van der Waals surface area contributed by atoms with Gasteiger partial charge < -0.3 is 14.9 Å². The Morgan fingerprint density at radius 1 is 1.00 bits per heavy atom. The van der Waals surface area contributed by atoms with Gasteiger partial charge in [-0.25, -0.2) is 4.79 Å². The first-order valence-corrected chi connectivity index (χ1v) is 20.1. The van der Waals surface area contributed by atoms with Crippen LogP contribution in [0.1, 0.15) is 27.0 Å². The largest absolute Gasteiger partial charge is 0.404 e. The average Bonchev–Trinajstić information content (AvgIpc) is 3.26. The molecule has 1 aliphatic heterocycles. The zero-order chi connectivity index (χ0) is 28.3. The smallest absolute Gasteiger partial charge is 0.351 e. The zero-order valence-electron chi connectivity index (χ0n) is 23.9. The van der Waals surface area contributed by atoms with Gasteiger partial charge in [0.2, 0.25) is 0 Å². The Balaban J connectivity index is 1.67. The summed E-state index contributed by atoms with van der Waals surface area (Å²) in [6.45, 7) is 14.3. The number of ether oxygens (including phenoxy) is 1. The molecule has 0 aliphatic carbocycles. The van der Waals surface area contributed by atoms with Crippen LogP contribution in [0.3, 0.4) is 0 Å². The third-order valence-corrected chi connectivity index (χ3v) is 15.2. The molecule has 0 amide bonds. The highest BCUT2D eigenvalue weighted by molar-refractivity contribution is 8.03. The van der Waals surface area contributed by atoms with Gasteiger partial charge in [0.1, 0.15) is 11.9 Å². The second-order valence-corrected chi connectivity index (χ2v) is 23.4. The van der Waals surface area contributed by atoms with Crippen LogP contribution in [0.25, 0.3) is 0 Å². The summed E-state index contributed by atoms with van der Waals surface area (Å²) in [5.41, 5.74) is 5.36. The molecule has 0 radical (unpaired) electrons. The third-order valence-electron chi connectivity index (χ3n) is 7.00. The van der Waals surface area contributed by atoms with E-state index in [2.05, 4.69) is 100 Å². The number of hydrogen-bond donors (Lipinski definition) is 1. The number of thioether (sulfide) groups is 1. The van der Waals surface area contributed by atoms with Crippen LogP contribution in [-0.4, -0.2) is 44.4 Å². The number of nitrogen functional groups attached to an aromatic ring is 1. The van der Waals surface area contributed by atoms with E-state index in [1.165, 1.54) is 21.0 Å². The van der Waals surface area contributed by atoms with Gasteiger partial charge in [0.15, 0.2) is 6.23 Å². The number of aromatic nitrogens is 2. The lowest BCUT2D eigenvalue weighted by atomic mass is 10.2. The fraction of sp³-hybridized carbons (Fsp3) is 0.400. The highest BCUT2D eigenvalue weighted by atomic mass is 32.2. The lowest BCUT2D eigenvalue weighted by molar-refractivity contribution is -0.00833. The first-order valence-electron chi connectivity index (χ1n) is 13.5. The summed E-state index contributed by atoms with van der Waals surface area (Å²) in [6, 6.07) is 24.0. The highest BCUT2D eigenvalue weighted by Crippen LogP contribution is 2.40. The number of benzene rings is 2. The van der Waals surface area contributed by atoms with Crippen LogP contribution < -0.4 is 21.8 Å². The number of nitrogens with zero attached hydrogens (tertiary/aromatic N) is 2. The minimum absolute atomic E-state index is 0.135. The summed E-state index contributed by atoms with van der Waals surface area (Å²) >= 11 is 1.77. The first kappa shape index (κ1) is 29.5. The van der Waals surface area contributed by atoms with Crippen molar-refractivity contribution in [2.24, 2.45) is 0 Å². The Kier molecular flexibility index (Phi) is 9.07. The minimum Gasteiger partial charge on any atom is -0.404 e. The molecule has 0 saturated heterocycles. The van der Waals surface area contributed by atoms with Gasteiger partial charge in [-0.15, -0.1) is 11.8 Å². The van der Waals surface area contributed by atoms with Gasteiger partial charge in [-0.2, -0.15) is 4.98 Å². The second-order valence-electron chi connectivity index (χ2n) is 12.3. The van der Waals surface area contributed by atoms with Gasteiger partial charge in [-0.1, -0.05) is 101 Å². The molecule has 208 valence electrons. The van der Waals surface area contributed by atoms with Crippen LogP contribution >= 0.6 is 11.8 Å². The summed E-state index contributed by atoms with van der Waals surface area (Å²) in [5.74, 6) is 1.19. The molecule has 2 unspecified atom stereocenters. The van der Waals surface area contributed by atoms with Crippen LogP contribution in [-0.2, 0) is 9.16 Å². The van der Waals surface area contributed by atoms with Crippen molar-refractivity contribution >= 4 is 44.3 Å². The molecule has 9 heteroatoms. The number of nitrogens with two attached hydrogens (primary N) is 1. The number of rotatable bonds is 10. The Hall–Kier alpha value is -2.44. The van der Waals surface area contributed by atoms with E-state index in [-0.39, 0.29) is 17.0 Å². The molecule has 0 spiro atoms. The second kappa shape index (κ2) is 12.0. The molecule has 1 aliphatic rings. The Morgan fingerprint density at radius 3 is 2.10 bits per heavy atom. The number of hydrogen-bond acceptors (Lipinski definition) is 6. The monoisotopic (exact) mass is 579 g/mol. The minimum atomic E-state index is -2.72. The molecule has 39 heavy (non-hydrogen) atoms. The number of anilines is 1. The standard InChI is InChI=1S/C30H41N3O3SSi2/c1-30(2,3)39(24-13-9-7-10-14-24,25-15-11-8-12-16-25)35-22-23-21-26(37-19-20-38(4,5)6)28(36-23)33-18-17-27(31)32-29(33)34/h7-18,21,23,28H,19-20,22H2,1-6H3,(H2,31,32,34). The van der Waals surface area contributed by atoms with Crippen molar-refractivity contribution in [3.63, 3.8) is 0 Å². The summed E-state index contributed by atoms with van der Waals surface area (Å²) in [6.07, 6.45) is 2.98. The Morgan fingerprint density at radius 2 is 1.59 bits per heavy atom. The van der Waals surface area contributed by atoms with Crippen LogP contribution in [0.15, 0.2) is 88.7 Å². The van der Waals surface area contributed by atoms with Crippen molar-refractivity contribution in [3.8, 4) is 0 Å². The SMILES string of the molecule is CC(C)(C)[Si](OCC1C=C(SCC[Si](C)(C)C)C(n2ccc(N)nc2=O)O1)(c1ccccc1)c1ccccc1. The molecular formula is C30H41N3O3SSi2. The van der Waals surface area contributed by atoms with Crippen molar-refractivity contribution in [3.05, 3.63) is 94.4 Å². The fourth-order valence-electron chi connectivity index (χ4n) is 5.00. The van der Waals surface area contributed by atoms with Crippen molar-refractivity contribution in [2.45, 2.75) is 63.8 Å². The van der Waals surface area contributed by atoms with Gasteiger partial charge in [0.25, 0.3) is 8.32 Å². The molecule has 4 rings (SSSR count). The van der Waals surface area contributed by atoms with Crippen molar-refractivity contribution < 1.29 is 9.16 Å². The maximum absolute atomic E-state index is 12.8. The molecule has 3 aromatic rings. The molecule has 2 heterocycles. The van der Waals surface area contributed by atoms with Crippen LogP contribution in [0.5, 0.6) is 0 Å². The van der Waals surface area contributed by atoms with Gasteiger partial charge >= 0.3 is 5.69 Å². The zero-order valence-corrected chi connectivity index (χ0v) is 26.7. The maximum Gasteiger partial charge on any atom is 0.351 e. The van der Waals surface area contributed by atoms with Crippen molar-refractivity contribution in [1.29, 1.82) is 0 Å². The predicted octanol–water partition coefficient (Wildman–Crippen LogP) is 5.25. The Labute approximate surface area is 238 Å². The Bertz CT molecular complexity index is 1300.